The van der Waals surface area contributed by atoms with E-state index >= 15 is 0 Å². The molecule has 1 aliphatic heterocycles. The van der Waals surface area contributed by atoms with E-state index in [4.69, 9.17) is 4.74 Å². The van der Waals surface area contributed by atoms with Gasteiger partial charge in [-0.3, -0.25) is 4.79 Å². The number of nitrogens with zero attached hydrogens (tertiary/aromatic N) is 1. The van der Waals surface area contributed by atoms with Gasteiger partial charge in [-0.15, -0.1) is 0 Å². The van der Waals surface area contributed by atoms with E-state index in [0.29, 0.717) is 6.54 Å². The molecule has 0 saturated heterocycles. The molecule has 124 valence electrons. The second kappa shape index (κ2) is 6.68. The summed E-state index contributed by atoms with van der Waals surface area (Å²) >= 11 is 0. The summed E-state index contributed by atoms with van der Waals surface area (Å²) in [5.41, 5.74) is 5.44. The summed E-state index contributed by atoms with van der Waals surface area (Å²) < 4.78 is 5.78. The molecule has 0 bridgehead atoms. The standard InChI is InChI=1S/C21H23NO2/c23-21(22-12-11-17-6-2-4-8-19(17)14-22)15-24-20-10-9-16-5-1-3-7-18(16)13-20/h2,4,6,8-10,13H,1,3,5,7,11-12,14-15H2. The summed E-state index contributed by atoms with van der Waals surface area (Å²) in [6.07, 6.45) is 5.76. The Morgan fingerprint density at radius 1 is 0.917 bits per heavy atom. The van der Waals surface area contributed by atoms with E-state index in [0.717, 1.165) is 25.1 Å². The molecule has 0 atom stereocenters. The Bertz CT molecular complexity index is 753. The fraction of sp³-hybridized carbons (Fsp3) is 0.381. The maximum atomic E-state index is 12.5. The average molecular weight is 321 g/mol. The van der Waals surface area contributed by atoms with E-state index in [9.17, 15) is 4.79 Å². The van der Waals surface area contributed by atoms with Gasteiger partial charge in [0.2, 0.25) is 0 Å². The summed E-state index contributed by atoms with van der Waals surface area (Å²) in [7, 11) is 0. The van der Waals surface area contributed by atoms with Crippen LogP contribution < -0.4 is 4.74 Å². The highest BCUT2D eigenvalue weighted by Gasteiger charge is 2.20. The first-order valence-corrected chi connectivity index (χ1v) is 8.89. The Morgan fingerprint density at radius 2 is 1.67 bits per heavy atom. The Kier molecular flexibility index (Phi) is 4.24. The van der Waals surface area contributed by atoms with Gasteiger partial charge < -0.3 is 9.64 Å². The van der Waals surface area contributed by atoms with Gasteiger partial charge >= 0.3 is 0 Å². The highest BCUT2D eigenvalue weighted by atomic mass is 16.5. The molecule has 3 nitrogen and oxygen atoms in total. The zero-order valence-electron chi connectivity index (χ0n) is 14.0. The number of amides is 1. The molecular formula is C21H23NO2. The number of hydrogen-bond acceptors (Lipinski definition) is 2. The van der Waals surface area contributed by atoms with E-state index in [1.807, 2.05) is 17.0 Å². The molecule has 0 unspecified atom stereocenters. The third-order valence-corrected chi connectivity index (χ3v) is 5.17. The third-order valence-electron chi connectivity index (χ3n) is 5.17. The first-order chi connectivity index (χ1) is 11.8. The van der Waals surface area contributed by atoms with Crippen LogP contribution in [0.2, 0.25) is 0 Å². The first-order valence-electron chi connectivity index (χ1n) is 8.89. The van der Waals surface area contributed by atoms with Crippen molar-refractivity contribution in [2.24, 2.45) is 0 Å². The van der Waals surface area contributed by atoms with E-state index < -0.39 is 0 Å². The van der Waals surface area contributed by atoms with Gasteiger partial charge in [-0.05, 0) is 66.5 Å². The second-order valence-electron chi connectivity index (χ2n) is 6.76. The Morgan fingerprint density at radius 3 is 2.54 bits per heavy atom. The summed E-state index contributed by atoms with van der Waals surface area (Å²) in [4.78, 5) is 14.4. The summed E-state index contributed by atoms with van der Waals surface area (Å²) in [5, 5.41) is 0. The maximum Gasteiger partial charge on any atom is 0.260 e. The van der Waals surface area contributed by atoms with Crippen LogP contribution in [0.3, 0.4) is 0 Å². The summed E-state index contributed by atoms with van der Waals surface area (Å²) in [6.45, 7) is 1.60. The number of benzene rings is 2. The van der Waals surface area contributed by atoms with Crippen LogP contribution in [-0.2, 0) is 30.6 Å². The van der Waals surface area contributed by atoms with Crippen LogP contribution in [0.25, 0.3) is 0 Å². The lowest BCUT2D eigenvalue weighted by atomic mass is 9.92. The van der Waals surface area contributed by atoms with Gasteiger partial charge in [0.15, 0.2) is 6.61 Å². The van der Waals surface area contributed by atoms with Crippen LogP contribution in [0, 0.1) is 0 Å². The highest BCUT2D eigenvalue weighted by molar-refractivity contribution is 5.78. The fourth-order valence-corrected chi connectivity index (χ4v) is 3.74. The van der Waals surface area contributed by atoms with Gasteiger partial charge in [0.1, 0.15) is 5.75 Å². The molecule has 0 fully saturated rings. The smallest absolute Gasteiger partial charge is 0.260 e. The molecule has 2 aromatic rings. The molecule has 2 aromatic carbocycles. The molecule has 0 saturated carbocycles. The lowest BCUT2D eigenvalue weighted by molar-refractivity contribution is -0.134. The molecule has 1 aliphatic carbocycles. The maximum absolute atomic E-state index is 12.5. The van der Waals surface area contributed by atoms with Crippen molar-refractivity contribution in [2.45, 2.75) is 38.6 Å². The number of carbonyl (C=O) groups excluding carboxylic acids is 1. The predicted molar refractivity (Wildman–Crippen MR) is 94.1 cm³/mol. The zero-order chi connectivity index (χ0) is 16.4. The fourth-order valence-electron chi connectivity index (χ4n) is 3.74. The SMILES string of the molecule is O=C(COc1ccc2c(c1)CCCC2)N1CCc2ccccc2C1. The van der Waals surface area contributed by atoms with Crippen molar-refractivity contribution in [3.63, 3.8) is 0 Å². The quantitative estimate of drug-likeness (QED) is 0.865. The van der Waals surface area contributed by atoms with Crippen molar-refractivity contribution in [1.29, 1.82) is 0 Å². The van der Waals surface area contributed by atoms with Crippen LogP contribution >= 0.6 is 0 Å². The predicted octanol–water partition coefficient (Wildman–Crippen LogP) is 3.53. The first kappa shape index (κ1) is 15.3. The number of hydrogen-bond donors (Lipinski definition) is 0. The molecule has 2 aliphatic rings. The van der Waals surface area contributed by atoms with Crippen molar-refractivity contribution in [3.05, 3.63) is 64.7 Å². The van der Waals surface area contributed by atoms with Gasteiger partial charge in [0, 0.05) is 13.1 Å². The molecule has 4 rings (SSSR count). The van der Waals surface area contributed by atoms with Crippen LogP contribution in [0.15, 0.2) is 42.5 Å². The molecule has 1 amide bonds. The number of fused-ring (bicyclic) bond motifs is 2. The van der Waals surface area contributed by atoms with E-state index in [2.05, 4.69) is 30.3 Å². The average Bonchev–Trinajstić information content (AvgIpc) is 2.65. The van der Waals surface area contributed by atoms with E-state index in [1.54, 1.807) is 0 Å². The lowest BCUT2D eigenvalue weighted by Gasteiger charge is -2.28. The van der Waals surface area contributed by atoms with Gasteiger partial charge in [-0.25, -0.2) is 0 Å². The topological polar surface area (TPSA) is 29.5 Å². The molecule has 3 heteroatoms. The minimum atomic E-state index is 0.0715. The molecule has 1 heterocycles. The number of ether oxygens (including phenoxy) is 1. The monoisotopic (exact) mass is 321 g/mol. The molecule has 0 radical (unpaired) electrons. The highest BCUT2D eigenvalue weighted by Crippen LogP contribution is 2.25. The van der Waals surface area contributed by atoms with Crippen LogP contribution in [0.4, 0.5) is 0 Å². The number of rotatable bonds is 3. The minimum Gasteiger partial charge on any atom is -0.484 e. The second-order valence-corrected chi connectivity index (χ2v) is 6.76. The minimum absolute atomic E-state index is 0.0715. The van der Waals surface area contributed by atoms with Crippen molar-refractivity contribution in [2.75, 3.05) is 13.2 Å². The van der Waals surface area contributed by atoms with Crippen molar-refractivity contribution < 1.29 is 9.53 Å². The van der Waals surface area contributed by atoms with E-state index in [1.165, 1.54) is 41.5 Å². The summed E-state index contributed by atoms with van der Waals surface area (Å²) in [5.74, 6) is 0.892. The lowest BCUT2D eigenvalue weighted by Crippen LogP contribution is -2.38. The van der Waals surface area contributed by atoms with E-state index in [-0.39, 0.29) is 12.5 Å². The molecular weight excluding hydrogens is 298 g/mol. The Labute approximate surface area is 143 Å². The Balaban J connectivity index is 1.37. The molecule has 24 heavy (non-hydrogen) atoms. The van der Waals surface area contributed by atoms with Gasteiger partial charge in [0.25, 0.3) is 5.91 Å². The zero-order valence-corrected chi connectivity index (χ0v) is 14.0. The third kappa shape index (κ3) is 3.16. The van der Waals surface area contributed by atoms with Crippen LogP contribution in [-0.4, -0.2) is 24.0 Å². The Hall–Kier alpha value is -2.29. The largest absolute Gasteiger partial charge is 0.484 e. The van der Waals surface area contributed by atoms with Crippen molar-refractivity contribution in [3.8, 4) is 5.75 Å². The molecule has 0 aromatic heterocycles. The normalized spacial score (nSPS) is 16.2. The molecule has 0 spiro atoms. The van der Waals surface area contributed by atoms with Crippen LogP contribution in [0.5, 0.6) is 5.75 Å². The molecule has 0 N–H and O–H groups in total. The van der Waals surface area contributed by atoms with Crippen molar-refractivity contribution in [1.82, 2.24) is 4.90 Å². The number of carbonyl (C=O) groups is 1. The van der Waals surface area contributed by atoms with Gasteiger partial charge in [0.05, 0.1) is 0 Å². The summed E-state index contributed by atoms with van der Waals surface area (Å²) in [6, 6.07) is 14.6. The van der Waals surface area contributed by atoms with Gasteiger partial charge in [-0.2, -0.15) is 0 Å². The number of aryl methyl sites for hydroxylation is 2. The van der Waals surface area contributed by atoms with Crippen LogP contribution in [0.1, 0.15) is 35.1 Å². The van der Waals surface area contributed by atoms with Gasteiger partial charge in [-0.1, -0.05) is 30.3 Å². The van der Waals surface area contributed by atoms with Crippen molar-refractivity contribution >= 4 is 5.91 Å².